The van der Waals surface area contributed by atoms with Crippen LogP contribution < -0.4 is 0 Å². The summed E-state index contributed by atoms with van der Waals surface area (Å²) in [6, 6.07) is 0. The molecule has 1 aliphatic heterocycles. The van der Waals surface area contributed by atoms with Crippen molar-refractivity contribution < 1.29 is 14.3 Å². The summed E-state index contributed by atoms with van der Waals surface area (Å²) in [5, 5.41) is 0.0823. The van der Waals surface area contributed by atoms with Crippen molar-refractivity contribution in [3.05, 3.63) is 12.7 Å². The molecule has 1 heterocycles. The topological polar surface area (TPSA) is 46.6 Å². The van der Waals surface area contributed by atoms with Crippen LogP contribution in [0.5, 0.6) is 0 Å². The first-order valence-electron chi connectivity index (χ1n) is 7.68. The van der Waals surface area contributed by atoms with E-state index in [2.05, 4.69) is 20.4 Å². The first-order valence-corrected chi connectivity index (χ1v) is 8.66. The number of likely N-dealkylation sites (tertiary alicyclic amines) is 1. The van der Waals surface area contributed by atoms with Crippen molar-refractivity contribution in [3.8, 4) is 0 Å². The summed E-state index contributed by atoms with van der Waals surface area (Å²) in [5.41, 5.74) is -0.724. The summed E-state index contributed by atoms with van der Waals surface area (Å²) in [6.45, 7) is 10.5. The zero-order valence-corrected chi connectivity index (χ0v) is 14.2. The van der Waals surface area contributed by atoms with Crippen LogP contribution in [0.4, 0.5) is 4.79 Å². The van der Waals surface area contributed by atoms with Crippen LogP contribution in [0.25, 0.3) is 0 Å². The third kappa shape index (κ3) is 4.77. The Bertz CT molecular complexity index is 386. The number of thioether (sulfide) groups is 1. The first-order chi connectivity index (χ1) is 9.95. The number of nitrogens with zero attached hydrogens (tertiary/aromatic N) is 1. The fourth-order valence-corrected chi connectivity index (χ4v) is 3.62. The van der Waals surface area contributed by atoms with Crippen LogP contribution in [-0.2, 0) is 9.53 Å². The van der Waals surface area contributed by atoms with Crippen LogP contribution in [0.15, 0.2) is 12.7 Å². The van der Waals surface area contributed by atoms with Crippen LogP contribution in [0.3, 0.4) is 0 Å². The second-order valence-corrected chi connectivity index (χ2v) is 6.90. The predicted molar refractivity (Wildman–Crippen MR) is 87.4 cm³/mol. The number of hydrogen-bond donors (Lipinski definition) is 0. The highest BCUT2D eigenvalue weighted by molar-refractivity contribution is 8.13. The molecule has 120 valence electrons. The molecule has 0 aromatic rings. The van der Waals surface area contributed by atoms with Gasteiger partial charge in [-0.2, -0.15) is 0 Å². The molecule has 1 fully saturated rings. The van der Waals surface area contributed by atoms with Gasteiger partial charge in [0.2, 0.25) is 5.12 Å². The molecule has 0 saturated carbocycles. The summed E-state index contributed by atoms with van der Waals surface area (Å²) in [6.07, 6.45) is 4.85. The number of carbonyl (C=O) groups is 2. The van der Waals surface area contributed by atoms with Crippen molar-refractivity contribution in [3.63, 3.8) is 0 Å². The largest absolute Gasteiger partial charge is 0.445 e. The van der Waals surface area contributed by atoms with Crippen LogP contribution in [0.1, 0.15) is 46.5 Å². The fraction of sp³-hybridized carbons (Fsp3) is 0.750. The van der Waals surface area contributed by atoms with Crippen molar-refractivity contribution in [2.45, 2.75) is 52.0 Å². The third-order valence-corrected chi connectivity index (χ3v) is 5.31. The number of carbonyl (C=O) groups excluding carboxylic acids is 2. The van der Waals surface area contributed by atoms with E-state index in [-0.39, 0.29) is 11.7 Å². The Morgan fingerprint density at radius 3 is 2.86 bits per heavy atom. The van der Waals surface area contributed by atoms with E-state index in [1.54, 1.807) is 4.90 Å². The molecule has 2 unspecified atom stereocenters. The van der Waals surface area contributed by atoms with Crippen molar-refractivity contribution in [2.24, 2.45) is 5.92 Å². The zero-order valence-electron chi connectivity index (χ0n) is 13.4. The Morgan fingerprint density at radius 2 is 2.24 bits per heavy atom. The molecule has 1 rings (SSSR count). The molecule has 2 atom stereocenters. The van der Waals surface area contributed by atoms with E-state index in [0.29, 0.717) is 18.9 Å². The van der Waals surface area contributed by atoms with Crippen molar-refractivity contribution in [1.29, 1.82) is 0 Å². The van der Waals surface area contributed by atoms with Crippen molar-refractivity contribution in [2.75, 3.05) is 18.9 Å². The maximum Gasteiger partial charge on any atom is 0.410 e. The standard InChI is InChI=1S/C16H27NO3S/c1-5-11-20-15(19)17-10-7-9-16(17,4)14(18)21-12-8-13(3)6-2/h5,13H,1,6-12H2,2-4H3. The molecular formula is C16H27NO3S. The van der Waals surface area contributed by atoms with Crippen molar-refractivity contribution >= 4 is 23.0 Å². The molecule has 0 aliphatic carbocycles. The molecule has 1 amide bonds. The molecular weight excluding hydrogens is 286 g/mol. The van der Waals surface area contributed by atoms with Crippen LogP contribution in [0.2, 0.25) is 0 Å². The molecule has 0 aromatic carbocycles. The van der Waals surface area contributed by atoms with E-state index in [4.69, 9.17) is 4.74 Å². The zero-order chi connectivity index (χ0) is 15.9. The highest BCUT2D eigenvalue weighted by Gasteiger charge is 2.46. The normalized spacial score (nSPS) is 22.9. The van der Waals surface area contributed by atoms with Gasteiger partial charge in [0.25, 0.3) is 0 Å². The highest BCUT2D eigenvalue weighted by atomic mass is 32.2. The van der Waals surface area contributed by atoms with Gasteiger partial charge in [-0.25, -0.2) is 4.79 Å². The fourth-order valence-electron chi connectivity index (χ4n) is 2.39. The Kier molecular flexibility index (Phi) is 7.29. The molecule has 0 radical (unpaired) electrons. The molecule has 21 heavy (non-hydrogen) atoms. The van der Waals surface area contributed by atoms with Gasteiger partial charge in [0.15, 0.2) is 0 Å². The Balaban J connectivity index is 2.58. The minimum absolute atomic E-state index is 0.0823. The molecule has 1 aliphatic rings. The lowest BCUT2D eigenvalue weighted by Crippen LogP contribution is -2.50. The molecule has 4 nitrogen and oxygen atoms in total. The molecule has 0 aromatic heterocycles. The van der Waals surface area contributed by atoms with E-state index in [1.165, 1.54) is 17.8 Å². The van der Waals surface area contributed by atoms with E-state index in [1.807, 2.05) is 6.92 Å². The van der Waals surface area contributed by atoms with Gasteiger partial charge < -0.3 is 4.74 Å². The Hall–Kier alpha value is -0.970. The minimum atomic E-state index is -0.724. The van der Waals surface area contributed by atoms with Crippen LogP contribution in [0, 0.1) is 5.92 Å². The highest BCUT2D eigenvalue weighted by Crippen LogP contribution is 2.34. The quantitative estimate of drug-likeness (QED) is 0.670. The summed E-state index contributed by atoms with van der Waals surface area (Å²) in [4.78, 5) is 26.1. The second kappa shape index (κ2) is 8.47. The molecule has 5 heteroatoms. The lowest BCUT2D eigenvalue weighted by atomic mass is 10.0. The maximum absolute atomic E-state index is 12.5. The monoisotopic (exact) mass is 313 g/mol. The van der Waals surface area contributed by atoms with E-state index in [9.17, 15) is 9.59 Å². The van der Waals surface area contributed by atoms with Gasteiger partial charge in [-0.1, -0.05) is 44.7 Å². The van der Waals surface area contributed by atoms with Gasteiger partial charge in [-0.15, -0.1) is 0 Å². The smallest absolute Gasteiger partial charge is 0.410 e. The first kappa shape index (κ1) is 18.1. The lowest BCUT2D eigenvalue weighted by molar-refractivity contribution is -0.119. The average molecular weight is 313 g/mol. The van der Waals surface area contributed by atoms with Crippen LogP contribution in [-0.4, -0.2) is 40.6 Å². The molecule has 0 N–H and O–H groups in total. The van der Waals surface area contributed by atoms with E-state index >= 15 is 0 Å². The van der Waals surface area contributed by atoms with Gasteiger partial charge in [0.1, 0.15) is 12.1 Å². The summed E-state index contributed by atoms with van der Waals surface area (Å²) in [5.74, 6) is 1.45. The predicted octanol–water partition coefficient (Wildman–Crippen LogP) is 3.86. The SMILES string of the molecule is C=CCOC(=O)N1CCCC1(C)C(=O)SCCC(C)CC. The second-order valence-electron chi connectivity index (χ2n) is 5.83. The van der Waals surface area contributed by atoms with Crippen LogP contribution >= 0.6 is 11.8 Å². The number of amides is 1. The molecule has 0 spiro atoms. The summed E-state index contributed by atoms with van der Waals surface area (Å²) >= 11 is 1.35. The summed E-state index contributed by atoms with van der Waals surface area (Å²) < 4.78 is 5.09. The van der Waals surface area contributed by atoms with E-state index < -0.39 is 11.6 Å². The van der Waals surface area contributed by atoms with Gasteiger partial charge in [0.05, 0.1) is 0 Å². The Labute approximate surface area is 132 Å². The van der Waals surface area contributed by atoms with Gasteiger partial charge in [0, 0.05) is 12.3 Å². The van der Waals surface area contributed by atoms with Gasteiger partial charge >= 0.3 is 6.09 Å². The molecule has 1 saturated heterocycles. The van der Waals surface area contributed by atoms with Crippen molar-refractivity contribution in [1.82, 2.24) is 4.90 Å². The van der Waals surface area contributed by atoms with Gasteiger partial charge in [-0.3, -0.25) is 9.69 Å². The molecule has 0 bridgehead atoms. The number of ether oxygens (including phenoxy) is 1. The third-order valence-electron chi connectivity index (χ3n) is 4.17. The lowest BCUT2D eigenvalue weighted by Gasteiger charge is -2.32. The van der Waals surface area contributed by atoms with E-state index in [0.717, 1.165) is 25.0 Å². The van der Waals surface area contributed by atoms with Gasteiger partial charge in [-0.05, 0) is 32.1 Å². The number of hydrogen-bond acceptors (Lipinski definition) is 4. The average Bonchev–Trinajstić information content (AvgIpc) is 2.87. The number of rotatable bonds is 7. The Morgan fingerprint density at radius 1 is 1.52 bits per heavy atom. The minimum Gasteiger partial charge on any atom is -0.445 e. The summed E-state index contributed by atoms with van der Waals surface area (Å²) in [7, 11) is 0. The maximum atomic E-state index is 12.5.